The summed E-state index contributed by atoms with van der Waals surface area (Å²) in [6.45, 7) is 0. The summed E-state index contributed by atoms with van der Waals surface area (Å²) < 4.78 is 1.58. The smallest absolute Gasteiger partial charge is 0.263 e. The van der Waals surface area contributed by atoms with Gasteiger partial charge in [0.1, 0.15) is 6.33 Å². The number of aromatic nitrogens is 3. The first-order valence-corrected chi connectivity index (χ1v) is 6.64. The first-order valence-electron chi connectivity index (χ1n) is 6.64. The van der Waals surface area contributed by atoms with Crippen LogP contribution in [-0.4, -0.2) is 20.4 Å². The van der Waals surface area contributed by atoms with Crippen molar-refractivity contribution in [2.24, 2.45) is 0 Å². The van der Waals surface area contributed by atoms with E-state index in [1.807, 2.05) is 48.5 Å². The van der Waals surface area contributed by atoms with E-state index in [1.165, 1.54) is 0 Å². The van der Waals surface area contributed by atoms with Gasteiger partial charge in [-0.25, -0.2) is 4.98 Å². The molecule has 4 heteroatoms. The minimum Gasteiger partial charge on any atom is -0.268 e. The molecule has 4 aromatic rings. The molecule has 2 heterocycles. The van der Waals surface area contributed by atoms with Crippen molar-refractivity contribution in [1.29, 1.82) is 0 Å². The zero-order valence-corrected chi connectivity index (χ0v) is 11.1. The van der Waals surface area contributed by atoms with E-state index < -0.39 is 0 Å². The molecule has 0 atom stereocenters. The molecule has 4 nitrogen and oxygen atoms in total. The van der Waals surface area contributed by atoms with Crippen LogP contribution in [0.1, 0.15) is 10.4 Å². The van der Waals surface area contributed by atoms with Crippen molar-refractivity contribution in [3.8, 4) is 0 Å². The van der Waals surface area contributed by atoms with Gasteiger partial charge in [0.05, 0.1) is 16.6 Å². The number of carbonyl (C=O) groups is 1. The molecule has 2 aromatic heterocycles. The summed E-state index contributed by atoms with van der Waals surface area (Å²) in [6, 6.07) is 16.9. The number of hydrogen-bond acceptors (Lipinski definition) is 3. The average Bonchev–Trinajstić information content (AvgIpc) is 2.98. The standard InChI is InChI=1S/C17H11N3O/c21-17(20-11-19-15-5-1-2-6-16(15)20)13-7-8-14-12(10-13)4-3-9-18-14/h1-11H. The highest BCUT2D eigenvalue weighted by Crippen LogP contribution is 2.17. The van der Waals surface area contributed by atoms with Gasteiger partial charge in [-0.15, -0.1) is 0 Å². The zero-order chi connectivity index (χ0) is 14.2. The van der Waals surface area contributed by atoms with Gasteiger partial charge in [0, 0.05) is 17.1 Å². The summed E-state index contributed by atoms with van der Waals surface area (Å²) >= 11 is 0. The number of fused-ring (bicyclic) bond motifs is 2. The van der Waals surface area contributed by atoms with Gasteiger partial charge >= 0.3 is 0 Å². The highest BCUT2D eigenvalue weighted by atomic mass is 16.2. The number of carbonyl (C=O) groups excluding carboxylic acids is 1. The molecule has 4 rings (SSSR count). The third-order valence-corrected chi connectivity index (χ3v) is 3.52. The molecular weight excluding hydrogens is 262 g/mol. The fraction of sp³-hybridized carbons (Fsp3) is 0. The van der Waals surface area contributed by atoms with Crippen molar-refractivity contribution in [3.05, 3.63) is 72.7 Å². The van der Waals surface area contributed by atoms with Crippen LogP contribution in [0.4, 0.5) is 0 Å². The van der Waals surface area contributed by atoms with Crippen LogP contribution in [0.15, 0.2) is 67.1 Å². The Bertz CT molecular complexity index is 972. The van der Waals surface area contributed by atoms with Crippen molar-refractivity contribution < 1.29 is 4.79 Å². The molecular formula is C17H11N3O. The number of imidazole rings is 1. The highest BCUT2D eigenvalue weighted by Gasteiger charge is 2.12. The van der Waals surface area contributed by atoms with Crippen molar-refractivity contribution in [2.75, 3.05) is 0 Å². The van der Waals surface area contributed by atoms with Crippen LogP contribution in [0.25, 0.3) is 21.9 Å². The Kier molecular flexibility index (Phi) is 2.54. The Morgan fingerprint density at radius 2 is 1.81 bits per heavy atom. The average molecular weight is 273 g/mol. The van der Waals surface area contributed by atoms with Crippen LogP contribution >= 0.6 is 0 Å². The second-order valence-corrected chi connectivity index (χ2v) is 4.82. The number of nitrogens with zero attached hydrogens (tertiary/aromatic N) is 3. The highest BCUT2D eigenvalue weighted by molar-refractivity contribution is 6.03. The van der Waals surface area contributed by atoms with Crippen molar-refractivity contribution in [1.82, 2.24) is 14.5 Å². The topological polar surface area (TPSA) is 47.8 Å². The monoisotopic (exact) mass is 273 g/mol. The van der Waals surface area contributed by atoms with Gasteiger partial charge in [-0.1, -0.05) is 18.2 Å². The first-order chi connectivity index (χ1) is 10.3. The Labute approximate surface area is 120 Å². The van der Waals surface area contributed by atoms with Crippen LogP contribution in [0.2, 0.25) is 0 Å². The molecule has 0 saturated heterocycles. The van der Waals surface area contributed by atoms with E-state index in [1.54, 1.807) is 23.2 Å². The number of pyridine rings is 1. The van der Waals surface area contributed by atoms with E-state index in [-0.39, 0.29) is 5.91 Å². The minimum absolute atomic E-state index is 0.0885. The van der Waals surface area contributed by atoms with Gasteiger partial charge in [-0.3, -0.25) is 14.3 Å². The maximum atomic E-state index is 12.7. The summed E-state index contributed by atoms with van der Waals surface area (Å²) in [7, 11) is 0. The predicted octanol–water partition coefficient (Wildman–Crippen LogP) is 3.27. The Balaban J connectivity index is 1.86. The van der Waals surface area contributed by atoms with Crippen LogP contribution in [-0.2, 0) is 0 Å². The molecule has 0 N–H and O–H groups in total. The fourth-order valence-corrected chi connectivity index (χ4v) is 2.47. The van der Waals surface area contributed by atoms with Crippen LogP contribution in [0.3, 0.4) is 0 Å². The van der Waals surface area contributed by atoms with Gasteiger partial charge in [-0.2, -0.15) is 0 Å². The third-order valence-electron chi connectivity index (χ3n) is 3.52. The lowest BCUT2D eigenvalue weighted by atomic mass is 10.1. The lowest BCUT2D eigenvalue weighted by Crippen LogP contribution is -2.10. The van der Waals surface area contributed by atoms with Gasteiger partial charge < -0.3 is 0 Å². The van der Waals surface area contributed by atoms with E-state index in [4.69, 9.17) is 0 Å². The first kappa shape index (κ1) is 11.8. The van der Waals surface area contributed by atoms with Gasteiger partial charge in [0.25, 0.3) is 5.91 Å². The molecule has 0 saturated carbocycles. The minimum atomic E-state index is -0.0885. The molecule has 21 heavy (non-hydrogen) atoms. The molecule has 0 spiro atoms. The SMILES string of the molecule is O=C(c1ccc2ncccc2c1)n1cnc2ccccc21. The molecule has 0 bridgehead atoms. The number of rotatable bonds is 1. The largest absolute Gasteiger partial charge is 0.268 e. The second kappa shape index (κ2) is 4.52. The normalized spacial score (nSPS) is 11.0. The molecule has 2 aromatic carbocycles. The molecule has 100 valence electrons. The number of benzene rings is 2. The Hall–Kier alpha value is -3.01. The van der Waals surface area contributed by atoms with Crippen LogP contribution < -0.4 is 0 Å². The van der Waals surface area contributed by atoms with Crippen LogP contribution in [0, 0.1) is 0 Å². The van der Waals surface area contributed by atoms with E-state index >= 15 is 0 Å². The van der Waals surface area contributed by atoms with Crippen LogP contribution in [0.5, 0.6) is 0 Å². The van der Waals surface area contributed by atoms with Gasteiger partial charge in [-0.05, 0) is 36.4 Å². The molecule has 0 aliphatic rings. The molecule has 0 aliphatic heterocycles. The van der Waals surface area contributed by atoms with E-state index in [9.17, 15) is 4.79 Å². The summed E-state index contributed by atoms with van der Waals surface area (Å²) in [5.41, 5.74) is 3.13. The maximum absolute atomic E-state index is 12.7. The van der Waals surface area contributed by atoms with Crippen molar-refractivity contribution >= 4 is 27.8 Å². The lowest BCUT2D eigenvalue weighted by molar-refractivity contribution is 0.0964. The number of hydrogen-bond donors (Lipinski definition) is 0. The molecule has 0 fully saturated rings. The lowest BCUT2D eigenvalue weighted by Gasteiger charge is -2.04. The van der Waals surface area contributed by atoms with Crippen molar-refractivity contribution in [2.45, 2.75) is 0 Å². The second-order valence-electron chi connectivity index (χ2n) is 4.82. The molecule has 0 amide bonds. The van der Waals surface area contributed by atoms with E-state index in [2.05, 4.69) is 9.97 Å². The quantitative estimate of drug-likeness (QED) is 0.534. The molecule has 0 unspecified atom stereocenters. The molecule has 0 radical (unpaired) electrons. The third kappa shape index (κ3) is 1.89. The van der Waals surface area contributed by atoms with Gasteiger partial charge in [0.2, 0.25) is 0 Å². The summed E-state index contributed by atoms with van der Waals surface area (Å²) in [5.74, 6) is -0.0885. The van der Waals surface area contributed by atoms with Gasteiger partial charge in [0.15, 0.2) is 0 Å². The van der Waals surface area contributed by atoms with E-state index in [0.29, 0.717) is 5.56 Å². The number of para-hydroxylation sites is 2. The summed E-state index contributed by atoms with van der Waals surface area (Å²) in [5, 5.41) is 0.952. The predicted molar refractivity (Wildman–Crippen MR) is 81.2 cm³/mol. The maximum Gasteiger partial charge on any atom is 0.263 e. The van der Waals surface area contributed by atoms with E-state index in [0.717, 1.165) is 21.9 Å². The van der Waals surface area contributed by atoms with Crippen molar-refractivity contribution in [3.63, 3.8) is 0 Å². The summed E-state index contributed by atoms with van der Waals surface area (Å²) in [6.07, 6.45) is 3.31. The summed E-state index contributed by atoms with van der Waals surface area (Å²) in [4.78, 5) is 21.2. The fourth-order valence-electron chi connectivity index (χ4n) is 2.47. The Morgan fingerprint density at radius 1 is 0.905 bits per heavy atom. The zero-order valence-electron chi connectivity index (χ0n) is 11.1. The molecule has 0 aliphatic carbocycles. The Morgan fingerprint density at radius 3 is 2.76 bits per heavy atom.